The number of amides is 1. The molecule has 0 radical (unpaired) electrons. The Balaban J connectivity index is 1.68. The van der Waals surface area contributed by atoms with Crippen LogP contribution in [0.1, 0.15) is 0 Å². The van der Waals surface area contributed by atoms with E-state index < -0.39 is 0 Å². The molecule has 3 aromatic rings. The first kappa shape index (κ1) is 17.4. The van der Waals surface area contributed by atoms with Crippen molar-refractivity contribution in [1.82, 2.24) is 19.9 Å². The highest BCUT2D eigenvalue weighted by molar-refractivity contribution is 6.34. The van der Waals surface area contributed by atoms with Gasteiger partial charge in [-0.1, -0.05) is 24.2 Å². The summed E-state index contributed by atoms with van der Waals surface area (Å²) in [4.78, 5) is 28.8. The number of hydrogen-bond donors (Lipinski definition) is 0. The molecule has 1 aliphatic heterocycles. The number of aromatic nitrogens is 3. The maximum atomic E-state index is 11.8. The molecule has 1 aromatic carbocycles. The summed E-state index contributed by atoms with van der Waals surface area (Å²) in [5.41, 5.74) is 2.66. The summed E-state index contributed by atoms with van der Waals surface area (Å²) in [6.07, 6.45) is 6.44. The average molecular weight is 380 g/mol. The minimum absolute atomic E-state index is 0.0358. The molecule has 0 aliphatic carbocycles. The van der Waals surface area contributed by atoms with Gasteiger partial charge < -0.3 is 9.80 Å². The standard InChI is InChI=1S/C20H18ClN5O/c1-2-19(27)25-6-8-26(9-7-25)20-16-10-17(21)15(11-18(16)23-13-24-20)14-4-3-5-22-12-14/h2-5,10-13H,1,6-9H2. The van der Waals surface area contributed by atoms with Crippen molar-refractivity contribution in [2.45, 2.75) is 0 Å². The monoisotopic (exact) mass is 379 g/mol. The summed E-state index contributed by atoms with van der Waals surface area (Å²) in [5, 5.41) is 1.53. The Kier molecular flexibility index (Phi) is 4.73. The number of piperazine rings is 1. The fourth-order valence-corrected chi connectivity index (χ4v) is 3.60. The van der Waals surface area contributed by atoms with Crippen LogP contribution in [0.15, 0.2) is 55.6 Å². The number of fused-ring (bicyclic) bond motifs is 1. The summed E-state index contributed by atoms with van der Waals surface area (Å²) >= 11 is 6.57. The molecule has 136 valence electrons. The molecule has 2 aromatic heterocycles. The van der Waals surface area contributed by atoms with E-state index in [1.54, 1.807) is 23.6 Å². The molecule has 0 N–H and O–H groups in total. The molecular weight excluding hydrogens is 362 g/mol. The largest absolute Gasteiger partial charge is 0.352 e. The molecule has 0 saturated carbocycles. The first-order valence-corrected chi connectivity index (χ1v) is 9.06. The number of pyridine rings is 1. The molecule has 3 heterocycles. The second kappa shape index (κ2) is 7.32. The zero-order valence-electron chi connectivity index (χ0n) is 14.7. The summed E-state index contributed by atoms with van der Waals surface area (Å²) in [6.45, 7) is 6.23. The summed E-state index contributed by atoms with van der Waals surface area (Å²) in [7, 11) is 0. The maximum absolute atomic E-state index is 11.8. The van der Waals surface area contributed by atoms with E-state index in [2.05, 4.69) is 26.4 Å². The zero-order chi connectivity index (χ0) is 18.8. The molecule has 1 fully saturated rings. The zero-order valence-corrected chi connectivity index (χ0v) is 15.4. The quantitative estimate of drug-likeness (QED) is 0.654. The second-order valence-corrected chi connectivity index (χ2v) is 6.71. The van der Waals surface area contributed by atoms with Gasteiger partial charge in [-0.15, -0.1) is 0 Å². The van der Waals surface area contributed by atoms with Gasteiger partial charge in [-0.05, 0) is 24.3 Å². The number of anilines is 1. The predicted octanol–water partition coefficient (Wildman–Crippen LogP) is 3.18. The van der Waals surface area contributed by atoms with E-state index in [0.29, 0.717) is 31.2 Å². The molecule has 7 heteroatoms. The van der Waals surface area contributed by atoms with Gasteiger partial charge in [0.25, 0.3) is 0 Å². The third-order valence-corrected chi connectivity index (χ3v) is 5.05. The Morgan fingerprint density at radius 3 is 2.70 bits per heavy atom. The van der Waals surface area contributed by atoms with Crippen molar-refractivity contribution in [2.75, 3.05) is 31.1 Å². The lowest BCUT2D eigenvalue weighted by Crippen LogP contribution is -2.48. The lowest BCUT2D eigenvalue weighted by atomic mass is 10.1. The van der Waals surface area contributed by atoms with Crippen LogP contribution in [-0.2, 0) is 4.79 Å². The summed E-state index contributed by atoms with van der Waals surface area (Å²) < 4.78 is 0. The van der Waals surface area contributed by atoms with Crippen LogP contribution in [0.4, 0.5) is 5.82 Å². The normalized spacial score (nSPS) is 14.4. The molecule has 0 bridgehead atoms. The van der Waals surface area contributed by atoms with E-state index in [-0.39, 0.29) is 5.91 Å². The number of hydrogen-bond acceptors (Lipinski definition) is 5. The average Bonchev–Trinajstić information content (AvgIpc) is 2.73. The fourth-order valence-electron chi connectivity index (χ4n) is 3.33. The Hall–Kier alpha value is -2.99. The number of halogens is 1. The van der Waals surface area contributed by atoms with E-state index >= 15 is 0 Å². The summed E-state index contributed by atoms with van der Waals surface area (Å²) in [6, 6.07) is 7.73. The van der Waals surface area contributed by atoms with Crippen LogP contribution in [0.2, 0.25) is 5.02 Å². The minimum Gasteiger partial charge on any atom is -0.352 e. The third-order valence-electron chi connectivity index (χ3n) is 4.74. The van der Waals surface area contributed by atoms with Crippen molar-refractivity contribution in [3.05, 3.63) is 60.7 Å². The van der Waals surface area contributed by atoms with Crippen LogP contribution in [0.25, 0.3) is 22.0 Å². The van der Waals surface area contributed by atoms with E-state index in [9.17, 15) is 4.79 Å². The van der Waals surface area contributed by atoms with Crippen molar-refractivity contribution >= 4 is 34.2 Å². The third kappa shape index (κ3) is 3.36. The van der Waals surface area contributed by atoms with Gasteiger partial charge in [0.05, 0.1) is 5.52 Å². The molecule has 1 saturated heterocycles. The van der Waals surface area contributed by atoms with E-state index in [1.165, 1.54) is 6.08 Å². The van der Waals surface area contributed by atoms with Gasteiger partial charge in [0.15, 0.2) is 0 Å². The van der Waals surface area contributed by atoms with Crippen LogP contribution < -0.4 is 4.90 Å². The molecule has 6 nitrogen and oxygen atoms in total. The van der Waals surface area contributed by atoms with Gasteiger partial charge in [-0.25, -0.2) is 9.97 Å². The van der Waals surface area contributed by atoms with Gasteiger partial charge >= 0.3 is 0 Å². The SMILES string of the molecule is C=CC(=O)N1CCN(c2ncnc3cc(-c4cccnc4)c(Cl)cc23)CC1. The highest BCUT2D eigenvalue weighted by Crippen LogP contribution is 2.34. The molecule has 1 aliphatic rings. The van der Waals surface area contributed by atoms with Gasteiger partial charge in [0.1, 0.15) is 12.1 Å². The number of carbonyl (C=O) groups is 1. The fraction of sp³-hybridized carbons (Fsp3) is 0.200. The number of nitrogens with zero attached hydrogens (tertiary/aromatic N) is 5. The van der Waals surface area contributed by atoms with E-state index in [1.807, 2.05) is 24.3 Å². The van der Waals surface area contributed by atoms with Gasteiger partial charge in [-0.2, -0.15) is 0 Å². The lowest BCUT2D eigenvalue weighted by Gasteiger charge is -2.35. The Labute approximate surface area is 162 Å². The van der Waals surface area contributed by atoms with Crippen LogP contribution in [0.5, 0.6) is 0 Å². The Bertz CT molecular complexity index is 1000. The van der Waals surface area contributed by atoms with Gasteiger partial charge in [0.2, 0.25) is 5.91 Å². The highest BCUT2D eigenvalue weighted by atomic mass is 35.5. The first-order valence-electron chi connectivity index (χ1n) is 8.68. The van der Waals surface area contributed by atoms with Gasteiger partial charge in [-0.3, -0.25) is 9.78 Å². The lowest BCUT2D eigenvalue weighted by molar-refractivity contribution is -0.126. The molecular formula is C20H18ClN5O. The predicted molar refractivity (Wildman–Crippen MR) is 107 cm³/mol. The maximum Gasteiger partial charge on any atom is 0.246 e. The summed E-state index contributed by atoms with van der Waals surface area (Å²) in [5.74, 6) is 0.802. The van der Waals surface area contributed by atoms with Crippen LogP contribution in [0.3, 0.4) is 0 Å². The number of rotatable bonds is 3. The second-order valence-electron chi connectivity index (χ2n) is 6.30. The van der Waals surface area contributed by atoms with E-state index in [0.717, 1.165) is 27.8 Å². The van der Waals surface area contributed by atoms with Crippen LogP contribution in [0, 0.1) is 0 Å². The van der Waals surface area contributed by atoms with Crippen molar-refractivity contribution in [3.63, 3.8) is 0 Å². The highest BCUT2D eigenvalue weighted by Gasteiger charge is 2.22. The molecule has 0 atom stereocenters. The van der Waals surface area contributed by atoms with Crippen LogP contribution in [-0.4, -0.2) is 51.9 Å². The van der Waals surface area contributed by atoms with Crippen molar-refractivity contribution in [2.24, 2.45) is 0 Å². The molecule has 0 spiro atoms. The van der Waals surface area contributed by atoms with Crippen LogP contribution >= 0.6 is 11.6 Å². The molecule has 27 heavy (non-hydrogen) atoms. The van der Waals surface area contributed by atoms with Crippen molar-refractivity contribution in [1.29, 1.82) is 0 Å². The van der Waals surface area contributed by atoms with E-state index in [4.69, 9.17) is 11.6 Å². The Morgan fingerprint density at radius 1 is 1.19 bits per heavy atom. The molecule has 4 rings (SSSR count). The van der Waals surface area contributed by atoms with Crippen molar-refractivity contribution < 1.29 is 4.79 Å². The smallest absolute Gasteiger partial charge is 0.246 e. The molecule has 1 amide bonds. The van der Waals surface area contributed by atoms with Gasteiger partial charge in [0, 0.05) is 60.1 Å². The van der Waals surface area contributed by atoms with Crippen molar-refractivity contribution in [3.8, 4) is 11.1 Å². The first-order chi connectivity index (χ1) is 13.2. The Morgan fingerprint density at radius 2 is 2.00 bits per heavy atom. The topological polar surface area (TPSA) is 62.2 Å². The number of benzene rings is 1. The minimum atomic E-state index is -0.0358. The molecule has 0 unspecified atom stereocenters. The number of carbonyl (C=O) groups excluding carboxylic acids is 1.